The highest BCUT2D eigenvalue weighted by atomic mass is 32.2. The smallest absolute Gasteiger partial charge is 0.326 e. The van der Waals surface area contributed by atoms with Gasteiger partial charge < -0.3 is 15.3 Å². The number of hydrogen-bond donors (Lipinski definition) is 2. The quantitative estimate of drug-likeness (QED) is 0.836. The number of carbonyl (C=O) groups is 2. The summed E-state index contributed by atoms with van der Waals surface area (Å²) < 4.78 is 0.145. The monoisotopic (exact) mass is 300 g/mol. The minimum atomic E-state index is -0.894. The van der Waals surface area contributed by atoms with Crippen LogP contribution in [0.3, 0.4) is 0 Å². The zero-order valence-corrected chi connectivity index (χ0v) is 12.9. The van der Waals surface area contributed by atoms with Crippen molar-refractivity contribution in [2.45, 2.75) is 55.7 Å². The number of hydrogen-bond acceptors (Lipinski definition) is 3. The number of carbonyl (C=O) groups excluding carboxylic acids is 1. The number of carboxylic acids is 1. The molecule has 1 saturated heterocycles. The van der Waals surface area contributed by atoms with Crippen LogP contribution in [0.2, 0.25) is 0 Å². The molecule has 1 unspecified atom stereocenters. The lowest BCUT2D eigenvalue weighted by Gasteiger charge is -2.36. The molecule has 5 nitrogen and oxygen atoms in total. The largest absolute Gasteiger partial charge is 0.480 e. The lowest BCUT2D eigenvalue weighted by atomic mass is 9.88. The molecule has 2 fully saturated rings. The molecule has 6 heteroatoms. The van der Waals surface area contributed by atoms with Crippen LogP contribution in [0.15, 0.2) is 0 Å². The maximum Gasteiger partial charge on any atom is 0.326 e. The summed E-state index contributed by atoms with van der Waals surface area (Å²) in [6.07, 6.45) is 9.44. The Bertz CT molecular complexity index is 369. The molecular formula is C14H24N2O3S. The first kappa shape index (κ1) is 15.5. The second kappa shape index (κ2) is 6.70. The van der Waals surface area contributed by atoms with Gasteiger partial charge in [-0.05, 0) is 31.9 Å². The van der Waals surface area contributed by atoms with Gasteiger partial charge in [-0.3, -0.25) is 0 Å². The highest BCUT2D eigenvalue weighted by molar-refractivity contribution is 8.00. The lowest BCUT2D eigenvalue weighted by molar-refractivity contribution is -0.141. The average Bonchev–Trinajstić information content (AvgIpc) is 2.95. The molecule has 2 rings (SSSR count). The number of thioether (sulfide) groups is 1. The van der Waals surface area contributed by atoms with Gasteiger partial charge in [0.25, 0.3) is 0 Å². The molecule has 114 valence electrons. The molecule has 0 radical (unpaired) electrons. The molecule has 1 saturated carbocycles. The van der Waals surface area contributed by atoms with Crippen LogP contribution in [0.25, 0.3) is 0 Å². The van der Waals surface area contributed by atoms with Gasteiger partial charge in [-0.2, -0.15) is 11.8 Å². The maximum atomic E-state index is 12.2. The Hall–Kier alpha value is -0.910. The summed E-state index contributed by atoms with van der Waals surface area (Å²) in [4.78, 5) is 24.8. The molecule has 1 atom stereocenters. The first-order valence-corrected chi connectivity index (χ1v) is 8.63. The van der Waals surface area contributed by atoms with E-state index >= 15 is 0 Å². The number of nitrogens with zero attached hydrogens (tertiary/aromatic N) is 1. The average molecular weight is 300 g/mol. The van der Waals surface area contributed by atoms with Crippen molar-refractivity contribution in [2.75, 3.05) is 19.3 Å². The van der Waals surface area contributed by atoms with Crippen molar-refractivity contribution in [3.8, 4) is 0 Å². The van der Waals surface area contributed by atoms with Gasteiger partial charge in [-0.1, -0.05) is 19.3 Å². The summed E-state index contributed by atoms with van der Waals surface area (Å²) in [7, 11) is 0. The van der Waals surface area contributed by atoms with Crippen LogP contribution in [-0.2, 0) is 4.79 Å². The van der Waals surface area contributed by atoms with Gasteiger partial charge >= 0.3 is 12.0 Å². The second-order valence-corrected chi connectivity index (χ2v) is 7.07. The molecular weight excluding hydrogens is 276 g/mol. The van der Waals surface area contributed by atoms with E-state index in [0.29, 0.717) is 19.5 Å². The van der Waals surface area contributed by atoms with Crippen LogP contribution in [0.5, 0.6) is 0 Å². The number of amides is 2. The van der Waals surface area contributed by atoms with Crippen LogP contribution in [0.1, 0.15) is 44.9 Å². The zero-order valence-electron chi connectivity index (χ0n) is 12.1. The normalized spacial score (nSPS) is 25.4. The van der Waals surface area contributed by atoms with E-state index in [1.165, 1.54) is 24.2 Å². The molecule has 2 aliphatic rings. The van der Waals surface area contributed by atoms with Gasteiger partial charge in [0.2, 0.25) is 0 Å². The van der Waals surface area contributed by atoms with Gasteiger partial charge in [-0.15, -0.1) is 0 Å². The van der Waals surface area contributed by atoms with Gasteiger partial charge in [0.1, 0.15) is 6.04 Å². The number of nitrogens with one attached hydrogen (secondary N) is 1. The summed E-state index contributed by atoms with van der Waals surface area (Å²) >= 11 is 1.84. The van der Waals surface area contributed by atoms with E-state index < -0.39 is 12.0 Å². The topological polar surface area (TPSA) is 69.6 Å². The minimum Gasteiger partial charge on any atom is -0.480 e. The van der Waals surface area contributed by atoms with E-state index in [-0.39, 0.29) is 10.8 Å². The maximum absolute atomic E-state index is 12.2. The highest BCUT2D eigenvalue weighted by Crippen LogP contribution is 2.38. The predicted octanol–water partition coefficient (Wildman–Crippen LogP) is 2.31. The van der Waals surface area contributed by atoms with E-state index in [9.17, 15) is 9.59 Å². The van der Waals surface area contributed by atoms with E-state index in [2.05, 4.69) is 11.6 Å². The van der Waals surface area contributed by atoms with Crippen molar-refractivity contribution in [1.82, 2.24) is 10.2 Å². The molecule has 0 aromatic rings. The standard InChI is InChI=1S/C14H24N2O3S/c1-20-14(7-3-2-4-8-14)10-15-13(19)16-9-5-6-11(16)12(17)18/h11H,2-10H2,1H3,(H,15,19)(H,17,18). The summed E-state index contributed by atoms with van der Waals surface area (Å²) in [5.41, 5.74) is 0. The van der Waals surface area contributed by atoms with Crippen LogP contribution in [0.4, 0.5) is 4.79 Å². The van der Waals surface area contributed by atoms with Crippen molar-refractivity contribution < 1.29 is 14.7 Å². The Morgan fingerprint density at radius 3 is 2.60 bits per heavy atom. The third-order valence-electron chi connectivity index (χ3n) is 4.56. The van der Waals surface area contributed by atoms with Crippen molar-refractivity contribution in [3.05, 3.63) is 0 Å². The third kappa shape index (κ3) is 3.40. The Morgan fingerprint density at radius 2 is 2.00 bits per heavy atom. The van der Waals surface area contributed by atoms with E-state index in [0.717, 1.165) is 19.3 Å². The van der Waals surface area contributed by atoms with Gasteiger partial charge in [0.05, 0.1) is 0 Å². The third-order valence-corrected chi connectivity index (χ3v) is 5.98. The molecule has 0 spiro atoms. The first-order chi connectivity index (χ1) is 9.58. The molecule has 0 bridgehead atoms. The molecule has 1 aliphatic carbocycles. The SMILES string of the molecule is CSC1(CNC(=O)N2CCCC2C(=O)O)CCCCC1. The van der Waals surface area contributed by atoms with Gasteiger partial charge in [0.15, 0.2) is 0 Å². The van der Waals surface area contributed by atoms with Crippen LogP contribution >= 0.6 is 11.8 Å². The number of carboxylic acid groups (broad SMARTS) is 1. The molecule has 2 amide bonds. The fourth-order valence-corrected chi connectivity index (χ4v) is 4.17. The molecule has 0 aromatic heterocycles. The van der Waals surface area contributed by atoms with Gasteiger partial charge in [-0.25, -0.2) is 9.59 Å². The fraction of sp³-hybridized carbons (Fsp3) is 0.857. The van der Waals surface area contributed by atoms with Crippen molar-refractivity contribution >= 4 is 23.8 Å². The number of rotatable bonds is 4. The van der Waals surface area contributed by atoms with E-state index in [4.69, 9.17) is 5.11 Å². The van der Waals surface area contributed by atoms with Crippen molar-refractivity contribution in [1.29, 1.82) is 0 Å². The van der Waals surface area contributed by atoms with Gasteiger partial charge in [0, 0.05) is 17.8 Å². The summed E-state index contributed by atoms with van der Waals surface area (Å²) in [5, 5.41) is 12.1. The Balaban J connectivity index is 1.89. The van der Waals surface area contributed by atoms with Crippen molar-refractivity contribution in [2.24, 2.45) is 0 Å². The molecule has 1 aliphatic heterocycles. The number of urea groups is 1. The second-order valence-electron chi connectivity index (χ2n) is 5.80. The fourth-order valence-electron chi connectivity index (χ4n) is 3.25. The van der Waals surface area contributed by atoms with E-state index in [1.54, 1.807) is 0 Å². The predicted molar refractivity (Wildman–Crippen MR) is 80.1 cm³/mol. The summed E-state index contributed by atoms with van der Waals surface area (Å²) in [6, 6.07) is -0.861. The van der Waals surface area contributed by atoms with Crippen LogP contribution < -0.4 is 5.32 Å². The lowest BCUT2D eigenvalue weighted by Crippen LogP contribution is -2.50. The molecule has 2 N–H and O–H groups in total. The van der Waals surface area contributed by atoms with E-state index in [1.807, 2.05) is 11.8 Å². The number of likely N-dealkylation sites (tertiary alicyclic amines) is 1. The van der Waals surface area contributed by atoms with Crippen molar-refractivity contribution in [3.63, 3.8) is 0 Å². The van der Waals surface area contributed by atoms with Crippen LogP contribution in [-0.4, -0.2) is 52.1 Å². The Morgan fingerprint density at radius 1 is 1.30 bits per heavy atom. The Kier molecular flexibility index (Phi) is 5.18. The molecule has 20 heavy (non-hydrogen) atoms. The minimum absolute atomic E-state index is 0.145. The Labute approximate surface area is 124 Å². The highest BCUT2D eigenvalue weighted by Gasteiger charge is 2.36. The number of aliphatic carboxylic acids is 1. The first-order valence-electron chi connectivity index (χ1n) is 7.40. The zero-order chi connectivity index (χ0) is 14.6. The molecule has 1 heterocycles. The summed E-state index contributed by atoms with van der Waals surface area (Å²) in [5.74, 6) is -0.894. The van der Waals surface area contributed by atoms with Crippen LogP contribution in [0, 0.1) is 0 Å². The molecule has 0 aromatic carbocycles. The summed E-state index contributed by atoms with van der Waals surface area (Å²) in [6.45, 7) is 1.20.